The quantitative estimate of drug-likeness (QED) is 0.478. The van der Waals surface area contributed by atoms with Gasteiger partial charge in [-0.2, -0.15) is 0 Å². The number of carbonyl (C=O) groups excluding carboxylic acids is 1. The van der Waals surface area contributed by atoms with Crippen molar-refractivity contribution in [1.82, 2.24) is 5.32 Å². The van der Waals surface area contributed by atoms with Gasteiger partial charge in [-0.15, -0.1) is 10.1 Å². The maximum atomic E-state index is 11.7. The molecule has 7 nitrogen and oxygen atoms in total. The van der Waals surface area contributed by atoms with Crippen molar-refractivity contribution in [2.24, 2.45) is 0 Å². The van der Waals surface area contributed by atoms with Gasteiger partial charge in [0.05, 0.1) is 0 Å². The van der Waals surface area contributed by atoms with Gasteiger partial charge in [-0.3, -0.25) is 4.79 Å². The van der Waals surface area contributed by atoms with Crippen LogP contribution in [-0.2, 0) is 27.6 Å². The highest BCUT2D eigenvalue weighted by Gasteiger charge is 2.23. The summed E-state index contributed by atoms with van der Waals surface area (Å²) in [6.45, 7) is 0.970. The summed E-state index contributed by atoms with van der Waals surface area (Å²) in [4.78, 5) is 26.0. The van der Waals surface area contributed by atoms with E-state index in [0.717, 1.165) is 24.9 Å². The summed E-state index contributed by atoms with van der Waals surface area (Å²) < 4.78 is 5.21. The normalized spacial score (nSPS) is 17.7. The predicted octanol–water partition coefficient (Wildman–Crippen LogP) is 1.19. The van der Waals surface area contributed by atoms with Crippen LogP contribution in [0.2, 0.25) is 0 Å². The van der Waals surface area contributed by atoms with Crippen LogP contribution in [-0.4, -0.2) is 23.6 Å². The van der Waals surface area contributed by atoms with Crippen LogP contribution in [0.4, 0.5) is 0 Å². The summed E-state index contributed by atoms with van der Waals surface area (Å²) in [5.74, 6) is -0.233. The third-order valence-corrected chi connectivity index (χ3v) is 3.09. The molecule has 0 aliphatic carbocycles. The molecule has 7 heteroatoms. The molecule has 1 fully saturated rings. The van der Waals surface area contributed by atoms with Crippen molar-refractivity contribution in [3.63, 3.8) is 0 Å². The lowest BCUT2D eigenvalue weighted by atomic mass is 10.1. The third kappa shape index (κ3) is 4.20. The smallest absolute Gasteiger partial charge is 0.323 e. The summed E-state index contributed by atoms with van der Waals surface area (Å²) in [5.41, 5.74) is 1.52. The molecule has 0 radical (unpaired) electrons. The molecule has 20 heavy (non-hydrogen) atoms. The largest absolute Gasteiger partial charge is 0.460 e. The van der Waals surface area contributed by atoms with E-state index in [0.29, 0.717) is 5.56 Å². The third-order valence-electron chi connectivity index (χ3n) is 3.09. The molecular formula is C13H16N2O5. The number of nitrogens with one attached hydrogen (secondary N) is 1. The van der Waals surface area contributed by atoms with E-state index in [1.54, 1.807) is 24.3 Å². The molecule has 1 saturated heterocycles. The van der Waals surface area contributed by atoms with Crippen molar-refractivity contribution in [3.8, 4) is 0 Å². The molecule has 1 aliphatic rings. The van der Waals surface area contributed by atoms with Crippen LogP contribution in [0.1, 0.15) is 24.0 Å². The van der Waals surface area contributed by atoms with E-state index >= 15 is 0 Å². The molecule has 0 saturated carbocycles. The van der Waals surface area contributed by atoms with Gasteiger partial charge in [-0.1, -0.05) is 24.3 Å². The average Bonchev–Trinajstić information content (AvgIpc) is 2.98. The highest BCUT2D eigenvalue weighted by Crippen LogP contribution is 2.10. The molecule has 0 aromatic heterocycles. The summed E-state index contributed by atoms with van der Waals surface area (Å²) in [7, 11) is 0. The zero-order valence-corrected chi connectivity index (χ0v) is 10.9. The van der Waals surface area contributed by atoms with E-state index in [-0.39, 0.29) is 25.2 Å². The minimum absolute atomic E-state index is 0.0843. The molecule has 1 aliphatic heterocycles. The molecule has 0 spiro atoms. The lowest BCUT2D eigenvalue weighted by Crippen LogP contribution is -2.32. The second-order valence-electron chi connectivity index (χ2n) is 4.57. The number of benzene rings is 1. The Labute approximate surface area is 116 Å². The van der Waals surface area contributed by atoms with Crippen molar-refractivity contribution in [2.45, 2.75) is 32.1 Å². The second-order valence-corrected chi connectivity index (χ2v) is 4.57. The minimum atomic E-state index is -0.829. The highest BCUT2D eigenvalue weighted by atomic mass is 16.9. The van der Waals surface area contributed by atoms with Gasteiger partial charge in [0.2, 0.25) is 0 Å². The Bertz CT molecular complexity index is 468. The van der Waals surface area contributed by atoms with Crippen molar-refractivity contribution >= 4 is 5.97 Å². The first-order valence-electron chi connectivity index (χ1n) is 6.40. The van der Waals surface area contributed by atoms with Gasteiger partial charge >= 0.3 is 5.97 Å². The predicted molar refractivity (Wildman–Crippen MR) is 69.0 cm³/mol. The summed E-state index contributed by atoms with van der Waals surface area (Å²) in [6.07, 6.45) is 1.81. The topological polar surface area (TPSA) is 90.7 Å². The van der Waals surface area contributed by atoms with Crippen molar-refractivity contribution in [1.29, 1.82) is 0 Å². The van der Waals surface area contributed by atoms with Gasteiger partial charge < -0.3 is 14.9 Å². The first-order valence-corrected chi connectivity index (χ1v) is 6.40. The van der Waals surface area contributed by atoms with Gasteiger partial charge in [0.15, 0.2) is 0 Å². The maximum Gasteiger partial charge on any atom is 0.323 e. The van der Waals surface area contributed by atoms with E-state index in [1.165, 1.54) is 0 Å². The SMILES string of the molecule is O=C(OCc1ccc(CO[N+](=O)[O-])cc1)C1CCCN1. The van der Waals surface area contributed by atoms with Crippen LogP contribution >= 0.6 is 0 Å². The monoisotopic (exact) mass is 280 g/mol. The number of hydrogen-bond acceptors (Lipinski definition) is 6. The van der Waals surface area contributed by atoms with Crippen LogP contribution in [0, 0.1) is 10.1 Å². The summed E-state index contributed by atoms with van der Waals surface area (Å²) >= 11 is 0. The first-order chi connectivity index (χ1) is 9.65. The standard InChI is InChI=1S/C13H16N2O5/c16-13(12-2-1-7-14-12)19-8-10-3-5-11(6-4-10)9-20-15(17)18/h3-6,12,14H,1-2,7-9H2. The molecule has 108 valence electrons. The summed E-state index contributed by atoms with van der Waals surface area (Å²) in [5, 5.41) is 12.3. The number of esters is 1. The molecule has 0 bridgehead atoms. The minimum Gasteiger partial charge on any atom is -0.460 e. The molecule has 1 N–H and O–H groups in total. The number of hydrogen-bond donors (Lipinski definition) is 1. The number of ether oxygens (including phenoxy) is 1. The van der Waals surface area contributed by atoms with Crippen LogP contribution in [0.3, 0.4) is 0 Å². The van der Waals surface area contributed by atoms with Crippen LogP contribution in [0.25, 0.3) is 0 Å². The molecule has 1 unspecified atom stereocenters. The zero-order chi connectivity index (χ0) is 14.4. The molecular weight excluding hydrogens is 264 g/mol. The van der Waals surface area contributed by atoms with Gasteiger partial charge in [-0.25, -0.2) is 0 Å². The van der Waals surface area contributed by atoms with Gasteiger partial charge in [0, 0.05) is 0 Å². The zero-order valence-electron chi connectivity index (χ0n) is 10.9. The van der Waals surface area contributed by atoms with Crippen LogP contribution in [0.5, 0.6) is 0 Å². The van der Waals surface area contributed by atoms with Gasteiger partial charge in [0.25, 0.3) is 5.09 Å². The molecule has 1 atom stereocenters. The Morgan fingerprint density at radius 2 is 1.95 bits per heavy atom. The van der Waals surface area contributed by atoms with Crippen LogP contribution < -0.4 is 5.32 Å². The Morgan fingerprint density at radius 1 is 1.30 bits per heavy atom. The van der Waals surface area contributed by atoms with Gasteiger partial charge in [-0.05, 0) is 30.5 Å². The van der Waals surface area contributed by atoms with E-state index in [2.05, 4.69) is 10.2 Å². The number of nitrogens with zero attached hydrogens (tertiary/aromatic N) is 1. The highest BCUT2D eigenvalue weighted by molar-refractivity contribution is 5.76. The molecule has 1 heterocycles. The molecule has 1 aromatic carbocycles. The van der Waals surface area contributed by atoms with E-state index in [9.17, 15) is 14.9 Å². The lowest BCUT2D eigenvalue weighted by Gasteiger charge is -2.10. The number of carbonyl (C=O) groups is 1. The van der Waals surface area contributed by atoms with E-state index < -0.39 is 5.09 Å². The molecule has 1 aromatic rings. The van der Waals surface area contributed by atoms with E-state index in [4.69, 9.17) is 4.74 Å². The first kappa shape index (κ1) is 14.3. The van der Waals surface area contributed by atoms with Gasteiger partial charge in [0.1, 0.15) is 19.3 Å². The van der Waals surface area contributed by atoms with Crippen LogP contribution in [0.15, 0.2) is 24.3 Å². The Morgan fingerprint density at radius 3 is 2.50 bits per heavy atom. The number of rotatable bonds is 6. The summed E-state index contributed by atoms with van der Waals surface area (Å²) in [6, 6.07) is 6.74. The van der Waals surface area contributed by atoms with E-state index in [1.807, 2.05) is 0 Å². The second kappa shape index (κ2) is 6.85. The fraction of sp³-hybridized carbons (Fsp3) is 0.462. The fourth-order valence-corrected chi connectivity index (χ4v) is 2.00. The molecule has 2 rings (SSSR count). The Kier molecular flexibility index (Phi) is 4.89. The maximum absolute atomic E-state index is 11.7. The van der Waals surface area contributed by atoms with Crippen molar-refractivity contribution in [3.05, 3.63) is 45.5 Å². The fourth-order valence-electron chi connectivity index (χ4n) is 2.00. The molecule has 0 amide bonds. The Balaban J connectivity index is 1.78. The average molecular weight is 280 g/mol. The lowest BCUT2D eigenvalue weighted by molar-refractivity contribution is -0.763. The van der Waals surface area contributed by atoms with Crippen molar-refractivity contribution in [2.75, 3.05) is 6.54 Å². The van der Waals surface area contributed by atoms with Crippen molar-refractivity contribution < 1.29 is 19.5 Å². The Hall–Kier alpha value is -2.15.